The Labute approximate surface area is 65.5 Å². The van der Waals surface area contributed by atoms with Crippen molar-refractivity contribution in [3.05, 3.63) is 23.7 Å². The minimum absolute atomic E-state index is 0.527. The first-order valence-corrected chi connectivity index (χ1v) is 4.02. The molecule has 0 aromatic carbocycles. The lowest BCUT2D eigenvalue weighted by atomic mass is 10.1. The van der Waals surface area contributed by atoms with Crippen LogP contribution in [0.15, 0.2) is 23.7 Å². The van der Waals surface area contributed by atoms with Gasteiger partial charge in [0.1, 0.15) is 5.82 Å². The van der Waals surface area contributed by atoms with Crippen LogP contribution in [0.2, 0.25) is 0 Å². The lowest BCUT2D eigenvalue weighted by molar-refractivity contribution is 0.295. The van der Waals surface area contributed by atoms with Crippen molar-refractivity contribution in [3.63, 3.8) is 0 Å². The van der Waals surface area contributed by atoms with Gasteiger partial charge in [-0.1, -0.05) is 6.08 Å². The number of nitrogens with zero attached hydrogens (tertiary/aromatic N) is 1. The van der Waals surface area contributed by atoms with Crippen molar-refractivity contribution in [1.29, 1.82) is 0 Å². The van der Waals surface area contributed by atoms with Gasteiger partial charge >= 0.3 is 0 Å². The fraction of sp³-hybridized carbons (Fsp3) is 0.500. The van der Waals surface area contributed by atoms with Crippen LogP contribution in [0.25, 0.3) is 0 Å². The van der Waals surface area contributed by atoms with E-state index in [9.17, 15) is 0 Å². The topological polar surface area (TPSA) is 41.3 Å². The van der Waals surface area contributed by atoms with Crippen LogP contribution in [-0.4, -0.2) is 11.6 Å². The molecule has 3 nitrogen and oxygen atoms in total. The van der Waals surface area contributed by atoms with Gasteiger partial charge in [-0.25, -0.2) is 0 Å². The monoisotopic (exact) mass is 149 g/mol. The summed E-state index contributed by atoms with van der Waals surface area (Å²) in [5.41, 5.74) is 10.5. The third-order valence-corrected chi connectivity index (χ3v) is 2.70. The highest BCUT2D eigenvalue weighted by Gasteiger charge is 2.47. The van der Waals surface area contributed by atoms with E-state index in [0.29, 0.717) is 5.41 Å². The molecule has 3 heteroatoms. The van der Waals surface area contributed by atoms with E-state index in [1.165, 1.54) is 18.5 Å². The second-order valence-corrected chi connectivity index (χ2v) is 3.73. The third-order valence-electron chi connectivity index (χ3n) is 2.70. The molecule has 0 aromatic heterocycles. The number of hydrazine groups is 1. The van der Waals surface area contributed by atoms with Crippen LogP contribution in [0.5, 0.6) is 0 Å². The molecular weight excluding hydrogens is 138 g/mol. The van der Waals surface area contributed by atoms with Crippen molar-refractivity contribution in [2.24, 2.45) is 11.1 Å². The Balaban J connectivity index is 1.99. The van der Waals surface area contributed by atoms with E-state index < -0.39 is 0 Å². The summed E-state index contributed by atoms with van der Waals surface area (Å²) in [6.45, 7) is 1.11. The zero-order chi connectivity index (χ0) is 7.47. The molecule has 1 saturated carbocycles. The highest BCUT2D eigenvalue weighted by atomic mass is 15.6. The van der Waals surface area contributed by atoms with E-state index in [-0.39, 0.29) is 0 Å². The quantitative estimate of drug-likeness (QED) is 0.520. The van der Waals surface area contributed by atoms with Crippen LogP contribution in [-0.2, 0) is 0 Å². The molecule has 3 aliphatic rings. The first-order valence-electron chi connectivity index (χ1n) is 4.02. The maximum atomic E-state index is 5.60. The molecule has 0 amide bonds. The highest BCUT2D eigenvalue weighted by molar-refractivity contribution is 5.35. The molecule has 2 heterocycles. The average molecular weight is 149 g/mol. The minimum Gasteiger partial charge on any atom is -0.384 e. The SMILES string of the molecule is NC1=CC2=CC3(CC3)CN2N1. The van der Waals surface area contributed by atoms with E-state index in [1.807, 2.05) is 6.08 Å². The number of allylic oxidation sites excluding steroid dienone is 1. The Kier molecular flexibility index (Phi) is 0.700. The summed E-state index contributed by atoms with van der Waals surface area (Å²) in [6.07, 6.45) is 7.05. The van der Waals surface area contributed by atoms with E-state index in [4.69, 9.17) is 5.73 Å². The Hall–Kier alpha value is -1.12. The first kappa shape index (κ1) is 5.52. The largest absolute Gasteiger partial charge is 0.384 e. The van der Waals surface area contributed by atoms with Gasteiger partial charge in [0.25, 0.3) is 0 Å². The van der Waals surface area contributed by atoms with Crippen molar-refractivity contribution in [3.8, 4) is 0 Å². The summed E-state index contributed by atoms with van der Waals surface area (Å²) >= 11 is 0. The number of nitrogens with two attached hydrogens (primary N) is 1. The Morgan fingerprint density at radius 1 is 1.55 bits per heavy atom. The van der Waals surface area contributed by atoms with Crippen LogP contribution >= 0.6 is 0 Å². The minimum atomic E-state index is 0.527. The molecule has 2 aliphatic heterocycles. The van der Waals surface area contributed by atoms with Crippen molar-refractivity contribution in [1.82, 2.24) is 10.4 Å². The molecule has 0 radical (unpaired) electrons. The van der Waals surface area contributed by atoms with Gasteiger partial charge in [0.2, 0.25) is 0 Å². The maximum Gasteiger partial charge on any atom is 0.117 e. The zero-order valence-electron chi connectivity index (χ0n) is 6.30. The van der Waals surface area contributed by atoms with Crippen LogP contribution in [0, 0.1) is 5.41 Å². The smallest absolute Gasteiger partial charge is 0.117 e. The standard InChI is InChI=1S/C8H11N3/c9-7-3-6-4-8(1-2-8)5-11(6)10-7/h3-4,10H,1-2,5,9H2. The highest BCUT2D eigenvalue weighted by Crippen LogP contribution is 2.52. The second kappa shape index (κ2) is 1.40. The van der Waals surface area contributed by atoms with Gasteiger partial charge in [0.05, 0.1) is 5.70 Å². The average Bonchev–Trinajstić information content (AvgIpc) is 2.44. The molecule has 0 bridgehead atoms. The van der Waals surface area contributed by atoms with Crippen LogP contribution in [0.3, 0.4) is 0 Å². The van der Waals surface area contributed by atoms with Crippen molar-refractivity contribution < 1.29 is 0 Å². The molecular formula is C8H11N3. The molecule has 58 valence electrons. The number of hydrogen-bond acceptors (Lipinski definition) is 3. The Bertz CT molecular complexity index is 273. The molecule has 0 atom stereocenters. The second-order valence-electron chi connectivity index (χ2n) is 3.73. The molecule has 11 heavy (non-hydrogen) atoms. The predicted octanol–water partition coefficient (Wildman–Crippen LogP) is 0.284. The van der Waals surface area contributed by atoms with Crippen molar-refractivity contribution in [2.45, 2.75) is 12.8 Å². The summed E-state index contributed by atoms with van der Waals surface area (Å²) in [7, 11) is 0. The summed E-state index contributed by atoms with van der Waals surface area (Å²) in [5.74, 6) is 0.770. The van der Waals surface area contributed by atoms with E-state index in [0.717, 1.165) is 12.4 Å². The number of fused-ring (bicyclic) bond motifs is 1. The molecule has 3 rings (SSSR count). The fourth-order valence-corrected chi connectivity index (χ4v) is 1.88. The number of nitrogens with one attached hydrogen (secondary N) is 1. The lowest BCUT2D eigenvalue weighted by Crippen LogP contribution is -2.33. The van der Waals surface area contributed by atoms with Gasteiger partial charge in [0, 0.05) is 18.0 Å². The van der Waals surface area contributed by atoms with E-state index in [1.54, 1.807) is 0 Å². The maximum absolute atomic E-state index is 5.60. The molecule has 0 unspecified atom stereocenters. The summed E-state index contributed by atoms with van der Waals surface area (Å²) in [4.78, 5) is 0. The fourth-order valence-electron chi connectivity index (χ4n) is 1.88. The van der Waals surface area contributed by atoms with E-state index >= 15 is 0 Å². The van der Waals surface area contributed by atoms with Gasteiger partial charge in [-0.05, 0) is 12.8 Å². The Morgan fingerprint density at radius 2 is 2.36 bits per heavy atom. The summed E-state index contributed by atoms with van der Waals surface area (Å²) < 4.78 is 0. The zero-order valence-corrected chi connectivity index (χ0v) is 6.30. The number of rotatable bonds is 0. The van der Waals surface area contributed by atoms with Gasteiger partial charge in [-0.2, -0.15) is 0 Å². The van der Waals surface area contributed by atoms with Gasteiger partial charge in [-0.15, -0.1) is 0 Å². The van der Waals surface area contributed by atoms with Crippen LogP contribution in [0.4, 0.5) is 0 Å². The van der Waals surface area contributed by atoms with Gasteiger partial charge in [-0.3, -0.25) is 10.4 Å². The Morgan fingerprint density at radius 3 is 3.00 bits per heavy atom. The van der Waals surface area contributed by atoms with Crippen LogP contribution < -0.4 is 11.2 Å². The predicted molar refractivity (Wildman–Crippen MR) is 41.9 cm³/mol. The van der Waals surface area contributed by atoms with Gasteiger partial charge in [0.15, 0.2) is 0 Å². The molecule has 1 fully saturated rings. The summed E-state index contributed by atoms with van der Waals surface area (Å²) in [6, 6.07) is 0. The molecule has 0 saturated heterocycles. The van der Waals surface area contributed by atoms with Crippen molar-refractivity contribution in [2.75, 3.05) is 6.54 Å². The van der Waals surface area contributed by atoms with Gasteiger partial charge < -0.3 is 5.73 Å². The normalized spacial score (nSPS) is 29.6. The van der Waals surface area contributed by atoms with E-state index in [2.05, 4.69) is 16.5 Å². The lowest BCUT2D eigenvalue weighted by Gasteiger charge is -2.16. The third kappa shape index (κ3) is 0.628. The molecule has 3 N–H and O–H groups in total. The molecule has 1 spiro atoms. The molecule has 0 aromatic rings. The molecule has 1 aliphatic carbocycles. The summed E-state index contributed by atoms with van der Waals surface area (Å²) in [5, 5.41) is 2.14. The number of hydrogen-bond donors (Lipinski definition) is 2. The van der Waals surface area contributed by atoms with Crippen molar-refractivity contribution >= 4 is 0 Å². The van der Waals surface area contributed by atoms with Crippen LogP contribution in [0.1, 0.15) is 12.8 Å². The first-order chi connectivity index (χ1) is 5.27.